The quantitative estimate of drug-likeness (QED) is 0.882. The molecule has 1 aromatic heterocycles. The third-order valence-corrected chi connectivity index (χ3v) is 3.99. The van der Waals surface area contributed by atoms with Crippen molar-refractivity contribution in [1.82, 2.24) is 4.98 Å². The number of nitrogens with zero attached hydrogens (tertiary/aromatic N) is 1. The van der Waals surface area contributed by atoms with Crippen LogP contribution in [-0.4, -0.2) is 22.0 Å². The van der Waals surface area contributed by atoms with Crippen LogP contribution >= 0.6 is 27.7 Å². The molecule has 0 radical (unpaired) electrons. The average Bonchev–Trinajstić information content (AvgIpc) is 2.38. The van der Waals surface area contributed by atoms with Gasteiger partial charge in [0.1, 0.15) is 5.03 Å². The number of hydrogen-bond donors (Lipinski definition) is 2. The molecule has 0 atom stereocenters. The summed E-state index contributed by atoms with van der Waals surface area (Å²) < 4.78 is 0.738. The van der Waals surface area contributed by atoms with E-state index >= 15 is 0 Å². The molecule has 2 rings (SSSR count). The first kappa shape index (κ1) is 14.5. The van der Waals surface area contributed by atoms with Gasteiger partial charge in [0.15, 0.2) is 0 Å². The Labute approximate surface area is 127 Å². The van der Waals surface area contributed by atoms with Crippen LogP contribution in [0.4, 0.5) is 0 Å². The highest BCUT2D eigenvalue weighted by atomic mass is 79.9. The van der Waals surface area contributed by atoms with Crippen molar-refractivity contribution in [2.45, 2.75) is 9.92 Å². The molecule has 0 fully saturated rings. The predicted octanol–water partition coefficient (Wildman–Crippen LogP) is 2.79. The molecule has 0 unspecified atom stereocenters. The number of amides is 1. The number of pyridine rings is 1. The number of aromatic nitrogens is 1. The molecule has 0 bridgehead atoms. The van der Waals surface area contributed by atoms with Gasteiger partial charge in [-0.1, -0.05) is 27.7 Å². The van der Waals surface area contributed by atoms with Crippen molar-refractivity contribution >= 4 is 39.6 Å². The SMILES string of the molecule is NC(=O)c1cccnc1Sc1cc(Br)ccc1C(=O)O. The van der Waals surface area contributed by atoms with E-state index < -0.39 is 11.9 Å². The van der Waals surface area contributed by atoms with Crippen LogP contribution in [0.25, 0.3) is 0 Å². The molecular weight excluding hydrogens is 344 g/mol. The number of benzene rings is 1. The second kappa shape index (κ2) is 6.06. The number of carbonyl (C=O) groups is 2. The van der Waals surface area contributed by atoms with Gasteiger partial charge in [-0.2, -0.15) is 0 Å². The van der Waals surface area contributed by atoms with Gasteiger partial charge in [-0.15, -0.1) is 0 Å². The Morgan fingerprint density at radius 2 is 2.00 bits per heavy atom. The monoisotopic (exact) mass is 352 g/mol. The van der Waals surface area contributed by atoms with Gasteiger partial charge in [-0.25, -0.2) is 9.78 Å². The van der Waals surface area contributed by atoms with E-state index in [1.54, 1.807) is 24.3 Å². The van der Waals surface area contributed by atoms with Crippen molar-refractivity contribution in [3.8, 4) is 0 Å². The average molecular weight is 353 g/mol. The van der Waals surface area contributed by atoms with Crippen LogP contribution in [0.3, 0.4) is 0 Å². The second-order valence-electron chi connectivity index (χ2n) is 3.77. The van der Waals surface area contributed by atoms with Gasteiger partial charge in [0.25, 0.3) is 5.91 Å². The number of primary amides is 1. The van der Waals surface area contributed by atoms with Gasteiger partial charge in [0.05, 0.1) is 11.1 Å². The van der Waals surface area contributed by atoms with E-state index in [0.29, 0.717) is 9.92 Å². The zero-order valence-electron chi connectivity index (χ0n) is 10.0. The molecular formula is C13H9BrN2O3S. The molecule has 5 nitrogen and oxygen atoms in total. The zero-order valence-corrected chi connectivity index (χ0v) is 12.4. The number of aromatic carboxylic acids is 1. The van der Waals surface area contributed by atoms with Gasteiger partial charge < -0.3 is 10.8 Å². The Balaban J connectivity index is 2.47. The normalized spacial score (nSPS) is 10.2. The Morgan fingerprint density at radius 1 is 1.25 bits per heavy atom. The maximum atomic E-state index is 11.3. The maximum Gasteiger partial charge on any atom is 0.336 e. The number of hydrogen-bond acceptors (Lipinski definition) is 4. The highest BCUT2D eigenvalue weighted by Crippen LogP contribution is 2.33. The Kier molecular flexibility index (Phi) is 4.41. The van der Waals surface area contributed by atoms with E-state index in [1.165, 1.54) is 12.3 Å². The van der Waals surface area contributed by atoms with Crippen LogP contribution < -0.4 is 5.73 Å². The molecule has 20 heavy (non-hydrogen) atoms. The molecule has 102 valence electrons. The van der Waals surface area contributed by atoms with Gasteiger partial charge in [-0.05, 0) is 30.3 Å². The lowest BCUT2D eigenvalue weighted by molar-refractivity contribution is 0.0693. The topological polar surface area (TPSA) is 93.3 Å². The summed E-state index contributed by atoms with van der Waals surface area (Å²) in [5.74, 6) is -1.65. The maximum absolute atomic E-state index is 11.3. The molecule has 0 aliphatic rings. The van der Waals surface area contributed by atoms with Crippen molar-refractivity contribution in [2.75, 3.05) is 0 Å². The Hall–Kier alpha value is -1.86. The molecule has 1 aromatic carbocycles. The standard InChI is InChI=1S/C13H9BrN2O3S/c14-7-3-4-8(13(18)19)10(6-7)20-12-9(11(15)17)2-1-5-16-12/h1-6H,(H2,15,17)(H,18,19). The van der Waals surface area contributed by atoms with Crippen LogP contribution in [0.15, 0.2) is 50.9 Å². The summed E-state index contributed by atoms with van der Waals surface area (Å²) in [4.78, 5) is 27.1. The second-order valence-corrected chi connectivity index (χ2v) is 5.71. The molecule has 0 aliphatic carbocycles. The fourth-order valence-electron chi connectivity index (χ4n) is 1.52. The number of halogens is 1. The highest BCUT2D eigenvalue weighted by Gasteiger charge is 2.16. The van der Waals surface area contributed by atoms with Crippen molar-refractivity contribution in [2.24, 2.45) is 5.73 Å². The first-order valence-corrected chi connectivity index (χ1v) is 7.05. The van der Waals surface area contributed by atoms with E-state index in [2.05, 4.69) is 20.9 Å². The van der Waals surface area contributed by atoms with Gasteiger partial charge in [0, 0.05) is 15.6 Å². The Morgan fingerprint density at radius 3 is 2.65 bits per heavy atom. The lowest BCUT2D eigenvalue weighted by Crippen LogP contribution is -2.12. The van der Waals surface area contributed by atoms with Crippen molar-refractivity contribution in [1.29, 1.82) is 0 Å². The van der Waals surface area contributed by atoms with Gasteiger partial charge in [-0.3, -0.25) is 4.79 Å². The zero-order chi connectivity index (χ0) is 14.7. The minimum absolute atomic E-state index is 0.138. The number of carboxylic acids is 1. The minimum atomic E-state index is -1.04. The fraction of sp³-hybridized carbons (Fsp3) is 0. The van der Waals surface area contributed by atoms with Crippen LogP contribution in [0, 0.1) is 0 Å². The molecule has 0 aliphatic heterocycles. The molecule has 3 N–H and O–H groups in total. The van der Waals surface area contributed by atoms with E-state index in [9.17, 15) is 14.7 Å². The summed E-state index contributed by atoms with van der Waals surface area (Å²) in [5.41, 5.74) is 5.67. The van der Waals surface area contributed by atoms with Crippen LogP contribution in [0.5, 0.6) is 0 Å². The first-order chi connectivity index (χ1) is 9.49. The molecule has 7 heteroatoms. The largest absolute Gasteiger partial charge is 0.478 e. The summed E-state index contributed by atoms with van der Waals surface area (Å²) >= 11 is 4.38. The molecule has 0 spiro atoms. The van der Waals surface area contributed by atoms with Crippen molar-refractivity contribution in [3.63, 3.8) is 0 Å². The molecule has 1 amide bonds. The molecule has 0 saturated heterocycles. The third kappa shape index (κ3) is 3.17. The summed E-state index contributed by atoms with van der Waals surface area (Å²) in [6, 6.07) is 7.94. The molecule has 1 heterocycles. The van der Waals surface area contributed by atoms with E-state index in [1.807, 2.05) is 0 Å². The number of rotatable bonds is 4. The van der Waals surface area contributed by atoms with E-state index in [4.69, 9.17) is 5.73 Å². The van der Waals surface area contributed by atoms with Crippen molar-refractivity contribution < 1.29 is 14.7 Å². The molecule has 0 saturated carbocycles. The van der Waals surface area contributed by atoms with E-state index in [0.717, 1.165) is 16.2 Å². The van der Waals surface area contributed by atoms with Gasteiger partial charge in [0.2, 0.25) is 0 Å². The number of nitrogens with two attached hydrogens (primary N) is 1. The minimum Gasteiger partial charge on any atom is -0.478 e. The van der Waals surface area contributed by atoms with Gasteiger partial charge >= 0.3 is 5.97 Å². The van der Waals surface area contributed by atoms with E-state index in [-0.39, 0.29) is 11.1 Å². The summed E-state index contributed by atoms with van der Waals surface area (Å²) in [5, 5.41) is 9.55. The lowest BCUT2D eigenvalue weighted by Gasteiger charge is -2.08. The third-order valence-electron chi connectivity index (χ3n) is 2.42. The first-order valence-electron chi connectivity index (χ1n) is 5.44. The van der Waals surface area contributed by atoms with Crippen LogP contribution in [-0.2, 0) is 0 Å². The smallest absolute Gasteiger partial charge is 0.336 e. The number of carboxylic acid groups (broad SMARTS) is 1. The van der Waals surface area contributed by atoms with Crippen LogP contribution in [0.2, 0.25) is 0 Å². The van der Waals surface area contributed by atoms with Crippen LogP contribution in [0.1, 0.15) is 20.7 Å². The predicted molar refractivity (Wildman–Crippen MR) is 78.0 cm³/mol. The fourth-order valence-corrected chi connectivity index (χ4v) is 3.09. The summed E-state index contributed by atoms with van der Waals surface area (Å²) in [6.45, 7) is 0. The Bertz CT molecular complexity index is 691. The summed E-state index contributed by atoms with van der Waals surface area (Å²) in [7, 11) is 0. The lowest BCUT2D eigenvalue weighted by atomic mass is 10.2. The number of carbonyl (C=O) groups excluding carboxylic acids is 1. The summed E-state index contributed by atoms with van der Waals surface area (Å²) in [6.07, 6.45) is 1.52. The highest BCUT2D eigenvalue weighted by molar-refractivity contribution is 9.10. The van der Waals surface area contributed by atoms with Crippen molar-refractivity contribution in [3.05, 3.63) is 52.1 Å². The molecule has 2 aromatic rings.